The van der Waals surface area contributed by atoms with Crippen molar-refractivity contribution >= 4 is 11.9 Å². The van der Waals surface area contributed by atoms with E-state index in [4.69, 9.17) is 9.47 Å². The first-order valence-corrected chi connectivity index (χ1v) is 11.7. The summed E-state index contributed by atoms with van der Waals surface area (Å²) < 4.78 is 64.7. The Balaban J connectivity index is 2.10. The molecule has 1 unspecified atom stereocenters. The molecule has 0 saturated heterocycles. The van der Waals surface area contributed by atoms with E-state index in [1.54, 1.807) is 27.7 Å². The lowest BCUT2D eigenvalue weighted by atomic mass is 9.95. The second-order valence-corrected chi connectivity index (χ2v) is 9.80. The summed E-state index contributed by atoms with van der Waals surface area (Å²) in [5.41, 5.74) is -0.839. The standard InChI is InChI=1S/C24H34F4N2O5/c1-13(29-14-8-6-5-7-9-14)23(33)30-17(11-19(32)35-24(2,3)4)18(31)12-34-22-20(27)15(25)10-16(26)21(22)28/h10,13-14,17-18,29,31H,5-9,11-12H2,1-4H3,(H,30,33)/t13-,17-,18?/m0/s1. The molecule has 2 rings (SSSR count). The van der Waals surface area contributed by atoms with Gasteiger partial charge in [-0.25, -0.2) is 8.78 Å². The predicted octanol–water partition coefficient (Wildman–Crippen LogP) is 3.51. The van der Waals surface area contributed by atoms with Crippen molar-refractivity contribution in [3.63, 3.8) is 0 Å². The van der Waals surface area contributed by atoms with Gasteiger partial charge in [-0.2, -0.15) is 8.78 Å². The second-order valence-electron chi connectivity index (χ2n) is 9.80. The van der Waals surface area contributed by atoms with Crippen molar-refractivity contribution in [2.24, 2.45) is 0 Å². The van der Waals surface area contributed by atoms with Crippen LogP contribution in [0.15, 0.2) is 6.07 Å². The van der Waals surface area contributed by atoms with Crippen molar-refractivity contribution in [2.45, 2.75) is 96.1 Å². The molecular weight excluding hydrogens is 472 g/mol. The number of halogens is 4. The Bertz CT molecular complexity index is 861. The maximum absolute atomic E-state index is 13.9. The fourth-order valence-electron chi connectivity index (χ4n) is 3.82. The number of ether oxygens (including phenoxy) is 2. The number of carbonyl (C=O) groups excluding carboxylic acids is 2. The van der Waals surface area contributed by atoms with Crippen molar-refractivity contribution in [2.75, 3.05) is 6.61 Å². The van der Waals surface area contributed by atoms with Crippen molar-refractivity contribution < 1.29 is 41.7 Å². The van der Waals surface area contributed by atoms with E-state index < -0.39 is 77.7 Å². The summed E-state index contributed by atoms with van der Waals surface area (Å²) in [6.07, 6.45) is 2.95. The molecule has 1 saturated carbocycles. The number of esters is 1. The zero-order valence-electron chi connectivity index (χ0n) is 20.4. The molecule has 1 aromatic carbocycles. The van der Waals surface area contributed by atoms with Crippen LogP contribution in [0.4, 0.5) is 17.6 Å². The lowest BCUT2D eigenvalue weighted by molar-refractivity contribution is -0.156. The summed E-state index contributed by atoms with van der Waals surface area (Å²) in [4.78, 5) is 25.1. The minimum absolute atomic E-state index is 0.0280. The third kappa shape index (κ3) is 8.96. The molecule has 0 radical (unpaired) electrons. The average molecular weight is 507 g/mol. The molecule has 0 bridgehead atoms. The van der Waals surface area contributed by atoms with Gasteiger partial charge in [0.25, 0.3) is 0 Å². The van der Waals surface area contributed by atoms with Crippen LogP contribution in [0.25, 0.3) is 0 Å². The van der Waals surface area contributed by atoms with Crippen LogP contribution in [0.3, 0.4) is 0 Å². The number of hydrogen-bond donors (Lipinski definition) is 3. The Kier molecular flexibility index (Phi) is 10.3. The van der Waals surface area contributed by atoms with Crippen LogP contribution in [0.2, 0.25) is 0 Å². The van der Waals surface area contributed by atoms with Crippen LogP contribution < -0.4 is 15.4 Å². The van der Waals surface area contributed by atoms with Crippen LogP contribution in [0, 0.1) is 23.3 Å². The van der Waals surface area contributed by atoms with Crippen molar-refractivity contribution in [3.05, 3.63) is 29.3 Å². The first-order chi connectivity index (χ1) is 16.3. The van der Waals surface area contributed by atoms with Crippen LogP contribution in [0.1, 0.15) is 66.2 Å². The van der Waals surface area contributed by atoms with E-state index in [1.165, 1.54) is 0 Å². The zero-order valence-corrected chi connectivity index (χ0v) is 20.4. The SMILES string of the molecule is C[C@H](NC1CCCCC1)C(=O)N[C@@H](CC(=O)OC(C)(C)C)C(O)COc1c(F)c(F)cc(F)c1F. The van der Waals surface area contributed by atoms with E-state index >= 15 is 0 Å². The largest absolute Gasteiger partial charge is 0.485 e. The molecule has 7 nitrogen and oxygen atoms in total. The molecule has 1 fully saturated rings. The smallest absolute Gasteiger partial charge is 0.308 e. The summed E-state index contributed by atoms with van der Waals surface area (Å²) in [6, 6.07) is -1.73. The zero-order chi connectivity index (χ0) is 26.3. The van der Waals surface area contributed by atoms with Crippen LogP contribution in [0.5, 0.6) is 5.75 Å². The Hall–Kier alpha value is -2.40. The number of carbonyl (C=O) groups is 2. The highest BCUT2D eigenvalue weighted by Gasteiger charge is 2.31. The molecule has 0 spiro atoms. The lowest BCUT2D eigenvalue weighted by Crippen LogP contribution is -2.54. The van der Waals surface area contributed by atoms with E-state index in [2.05, 4.69) is 10.6 Å². The fraction of sp³-hybridized carbons (Fsp3) is 0.667. The van der Waals surface area contributed by atoms with Crippen molar-refractivity contribution in [1.82, 2.24) is 10.6 Å². The Morgan fingerprint density at radius 2 is 1.66 bits per heavy atom. The number of rotatable bonds is 10. The van der Waals surface area contributed by atoms with Gasteiger partial charge < -0.3 is 25.2 Å². The van der Waals surface area contributed by atoms with Crippen LogP contribution >= 0.6 is 0 Å². The normalized spacial score (nSPS) is 17.4. The fourth-order valence-corrected chi connectivity index (χ4v) is 3.82. The minimum atomic E-state index is -1.77. The summed E-state index contributed by atoms with van der Waals surface area (Å²) in [7, 11) is 0. The third-order valence-corrected chi connectivity index (χ3v) is 5.55. The highest BCUT2D eigenvalue weighted by atomic mass is 19.2. The van der Waals surface area contributed by atoms with E-state index in [0.29, 0.717) is 0 Å². The average Bonchev–Trinajstić information content (AvgIpc) is 2.76. The number of aliphatic hydroxyl groups is 1. The summed E-state index contributed by atoms with van der Waals surface area (Å²) in [6.45, 7) is 5.68. The van der Waals surface area contributed by atoms with Gasteiger partial charge >= 0.3 is 5.97 Å². The Labute approximate surface area is 202 Å². The molecule has 1 amide bonds. The molecular formula is C24H34F4N2O5. The highest BCUT2D eigenvalue weighted by Crippen LogP contribution is 2.27. The molecule has 198 valence electrons. The molecule has 3 atom stereocenters. The minimum Gasteiger partial charge on any atom is -0.485 e. The number of benzene rings is 1. The number of amides is 1. The van der Waals surface area contributed by atoms with E-state index in [-0.39, 0.29) is 12.1 Å². The number of aliphatic hydroxyl groups excluding tert-OH is 1. The van der Waals surface area contributed by atoms with Gasteiger partial charge in [0, 0.05) is 12.1 Å². The number of nitrogens with one attached hydrogen (secondary N) is 2. The molecule has 35 heavy (non-hydrogen) atoms. The predicted molar refractivity (Wildman–Crippen MR) is 120 cm³/mol. The maximum Gasteiger partial charge on any atom is 0.308 e. The molecule has 1 aliphatic carbocycles. The van der Waals surface area contributed by atoms with Gasteiger partial charge in [0.05, 0.1) is 18.5 Å². The molecule has 0 aliphatic heterocycles. The van der Waals surface area contributed by atoms with Crippen LogP contribution in [-0.4, -0.2) is 53.4 Å². The Morgan fingerprint density at radius 1 is 1.09 bits per heavy atom. The molecule has 3 N–H and O–H groups in total. The molecule has 0 aromatic heterocycles. The van der Waals surface area contributed by atoms with Gasteiger partial charge in [-0.3, -0.25) is 9.59 Å². The van der Waals surface area contributed by atoms with E-state index in [0.717, 1.165) is 32.1 Å². The maximum atomic E-state index is 13.9. The quantitative estimate of drug-likeness (QED) is 0.255. The first kappa shape index (κ1) is 28.8. The van der Waals surface area contributed by atoms with Gasteiger partial charge in [0.15, 0.2) is 17.4 Å². The summed E-state index contributed by atoms with van der Waals surface area (Å²) in [5, 5.41) is 16.3. The van der Waals surface area contributed by atoms with E-state index in [9.17, 15) is 32.3 Å². The Morgan fingerprint density at radius 3 is 2.20 bits per heavy atom. The van der Waals surface area contributed by atoms with Gasteiger partial charge in [-0.05, 0) is 40.5 Å². The van der Waals surface area contributed by atoms with E-state index in [1.807, 2.05) is 0 Å². The summed E-state index contributed by atoms with van der Waals surface area (Å²) >= 11 is 0. The number of hydrogen-bond acceptors (Lipinski definition) is 6. The molecule has 1 aromatic rings. The molecule has 0 heterocycles. The van der Waals surface area contributed by atoms with Gasteiger partial charge in [-0.15, -0.1) is 0 Å². The lowest BCUT2D eigenvalue weighted by Gasteiger charge is -2.29. The first-order valence-electron chi connectivity index (χ1n) is 11.7. The highest BCUT2D eigenvalue weighted by molar-refractivity contribution is 5.82. The van der Waals surface area contributed by atoms with Gasteiger partial charge in [-0.1, -0.05) is 19.3 Å². The van der Waals surface area contributed by atoms with Crippen molar-refractivity contribution in [3.8, 4) is 5.75 Å². The van der Waals surface area contributed by atoms with Gasteiger partial charge in [0.1, 0.15) is 18.3 Å². The molecule has 11 heteroatoms. The van der Waals surface area contributed by atoms with Crippen molar-refractivity contribution in [1.29, 1.82) is 0 Å². The topological polar surface area (TPSA) is 96.9 Å². The van der Waals surface area contributed by atoms with Gasteiger partial charge in [0.2, 0.25) is 17.5 Å². The second kappa shape index (κ2) is 12.5. The third-order valence-electron chi connectivity index (χ3n) is 5.55. The molecule has 1 aliphatic rings. The van der Waals surface area contributed by atoms with Crippen LogP contribution in [-0.2, 0) is 14.3 Å². The monoisotopic (exact) mass is 506 g/mol. The summed E-state index contributed by atoms with van der Waals surface area (Å²) in [5.74, 6) is -9.50.